The van der Waals surface area contributed by atoms with Gasteiger partial charge in [0.15, 0.2) is 11.5 Å². The van der Waals surface area contributed by atoms with Gasteiger partial charge in [0.25, 0.3) is 0 Å². The Morgan fingerprint density at radius 3 is 2.39 bits per heavy atom. The van der Waals surface area contributed by atoms with Crippen LogP contribution in [0.3, 0.4) is 0 Å². The zero-order valence-corrected chi connectivity index (χ0v) is 12.9. The first-order valence-corrected chi connectivity index (χ1v) is 7.27. The van der Waals surface area contributed by atoms with Gasteiger partial charge in [-0.1, -0.05) is 0 Å². The van der Waals surface area contributed by atoms with Crippen LogP contribution in [0.5, 0.6) is 11.5 Å². The van der Waals surface area contributed by atoms with Gasteiger partial charge < -0.3 is 14.4 Å². The molecule has 0 spiro atoms. The molecule has 0 aliphatic carbocycles. The first-order valence-electron chi connectivity index (χ1n) is 7.27. The summed E-state index contributed by atoms with van der Waals surface area (Å²) in [6.45, 7) is 1.63. The van der Waals surface area contributed by atoms with E-state index in [1.54, 1.807) is 37.7 Å². The van der Waals surface area contributed by atoms with Crippen LogP contribution in [-0.4, -0.2) is 52.3 Å². The molecule has 8 nitrogen and oxygen atoms in total. The molecule has 0 bridgehead atoms. The highest BCUT2D eigenvalue weighted by Gasteiger charge is 2.31. The number of anilines is 1. The summed E-state index contributed by atoms with van der Waals surface area (Å²) in [6, 6.07) is 4.06. The predicted molar refractivity (Wildman–Crippen MR) is 83.9 cm³/mol. The van der Waals surface area contributed by atoms with Crippen LogP contribution in [0.15, 0.2) is 30.9 Å². The van der Waals surface area contributed by atoms with Crippen LogP contribution in [0, 0.1) is 0 Å². The SMILES string of the molecule is COc1cc2ncnc(N3CC(n4nccn4)C3)c2cc1OC. The molecule has 3 heterocycles. The van der Waals surface area contributed by atoms with E-state index in [2.05, 4.69) is 25.1 Å². The van der Waals surface area contributed by atoms with E-state index in [-0.39, 0.29) is 6.04 Å². The summed E-state index contributed by atoms with van der Waals surface area (Å²) in [7, 11) is 3.24. The molecular formula is C15H16N6O2. The molecular weight excluding hydrogens is 296 g/mol. The second-order valence-corrected chi connectivity index (χ2v) is 5.33. The molecule has 3 aromatic rings. The topological polar surface area (TPSA) is 78.2 Å². The lowest BCUT2D eigenvalue weighted by Crippen LogP contribution is -2.49. The van der Waals surface area contributed by atoms with Crippen molar-refractivity contribution >= 4 is 16.7 Å². The number of fused-ring (bicyclic) bond motifs is 1. The summed E-state index contributed by atoms with van der Waals surface area (Å²) < 4.78 is 10.7. The minimum absolute atomic E-state index is 0.273. The highest BCUT2D eigenvalue weighted by atomic mass is 16.5. The average Bonchev–Trinajstić information content (AvgIpc) is 3.06. The lowest BCUT2D eigenvalue weighted by molar-refractivity contribution is 0.331. The van der Waals surface area contributed by atoms with Crippen molar-refractivity contribution in [2.24, 2.45) is 0 Å². The maximum absolute atomic E-state index is 5.39. The minimum atomic E-state index is 0.273. The average molecular weight is 312 g/mol. The number of hydrogen-bond acceptors (Lipinski definition) is 7. The van der Waals surface area contributed by atoms with Crippen molar-refractivity contribution in [3.05, 3.63) is 30.9 Å². The van der Waals surface area contributed by atoms with Crippen molar-refractivity contribution in [2.45, 2.75) is 6.04 Å². The van der Waals surface area contributed by atoms with Gasteiger partial charge in [0.1, 0.15) is 18.2 Å². The standard InChI is InChI=1S/C15H16N6O2/c1-22-13-5-11-12(6-14(13)23-2)16-9-17-15(11)20-7-10(8-20)21-18-3-4-19-21/h3-6,9-10H,7-8H2,1-2H3. The largest absolute Gasteiger partial charge is 0.493 e. The van der Waals surface area contributed by atoms with Crippen LogP contribution in [0.2, 0.25) is 0 Å². The van der Waals surface area contributed by atoms with Crippen molar-refractivity contribution in [3.8, 4) is 11.5 Å². The Bertz CT molecular complexity index is 829. The van der Waals surface area contributed by atoms with E-state index in [4.69, 9.17) is 9.47 Å². The molecule has 1 fully saturated rings. The Morgan fingerprint density at radius 1 is 1.00 bits per heavy atom. The number of benzene rings is 1. The van der Waals surface area contributed by atoms with Gasteiger partial charge >= 0.3 is 0 Å². The van der Waals surface area contributed by atoms with Gasteiger partial charge in [-0.2, -0.15) is 15.0 Å². The molecule has 1 aliphatic heterocycles. The monoisotopic (exact) mass is 312 g/mol. The number of methoxy groups -OCH3 is 2. The Balaban J connectivity index is 1.68. The van der Waals surface area contributed by atoms with Gasteiger partial charge in [0, 0.05) is 24.5 Å². The van der Waals surface area contributed by atoms with Crippen molar-refractivity contribution in [1.29, 1.82) is 0 Å². The smallest absolute Gasteiger partial charge is 0.162 e. The third-order valence-electron chi connectivity index (χ3n) is 4.04. The fourth-order valence-electron chi connectivity index (χ4n) is 2.81. The second kappa shape index (κ2) is 5.38. The summed E-state index contributed by atoms with van der Waals surface area (Å²) in [5, 5.41) is 9.32. The zero-order valence-electron chi connectivity index (χ0n) is 12.9. The van der Waals surface area contributed by atoms with Crippen LogP contribution in [0.1, 0.15) is 6.04 Å². The summed E-state index contributed by atoms with van der Waals surface area (Å²) in [6.07, 6.45) is 4.96. The van der Waals surface area contributed by atoms with Crippen LogP contribution in [0.4, 0.5) is 5.82 Å². The molecule has 0 radical (unpaired) electrons. The number of hydrogen-bond donors (Lipinski definition) is 0. The third kappa shape index (κ3) is 2.23. The lowest BCUT2D eigenvalue weighted by atomic mass is 10.1. The Kier molecular flexibility index (Phi) is 3.22. The predicted octanol–water partition coefficient (Wildman–Crippen LogP) is 1.30. The van der Waals surface area contributed by atoms with E-state index in [9.17, 15) is 0 Å². The van der Waals surface area contributed by atoms with E-state index in [1.807, 2.05) is 12.1 Å². The lowest BCUT2D eigenvalue weighted by Gasteiger charge is -2.39. The maximum Gasteiger partial charge on any atom is 0.162 e. The molecule has 23 heavy (non-hydrogen) atoms. The van der Waals surface area contributed by atoms with Crippen molar-refractivity contribution in [3.63, 3.8) is 0 Å². The molecule has 0 unspecified atom stereocenters. The third-order valence-corrected chi connectivity index (χ3v) is 4.04. The Hall–Kier alpha value is -2.90. The molecule has 1 aliphatic rings. The van der Waals surface area contributed by atoms with Crippen LogP contribution in [0.25, 0.3) is 10.9 Å². The minimum Gasteiger partial charge on any atom is -0.493 e. The maximum atomic E-state index is 5.39. The first kappa shape index (κ1) is 13.7. The Morgan fingerprint density at radius 2 is 1.70 bits per heavy atom. The highest BCUT2D eigenvalue weighted by molar-refractivity contribution is 5.92. The second-order valence-electron chi connectivity index (χ2n) is 5.33. The fraction of sp³-hybridized carbons (Fsp3) is 0.333. The molecule has 2 aromatic heterocycles. The van der Waals surface area contributed by atoms with Crippen LogP contribution >= 0.6 is 0 Å². The number of nitrogens with zero attached hydrogens (tertiary/aromatic N) is 6. The summed E-state index contributed by atoms with van der Waals surface area (Å²) in [4.78, 5) is 12.7. The molecule has 0 amide bonds. The normalized spacial score (nSPS) is 14.8. The van der Waals surface area contributed by atoms with Gasteiger partial charge in [-0.3, -0.25) is 0 Å². The van der Waals surface area contributed by atoms with Gasteiger partial charge in [-0.05, 0) is 6.07 Å². The molecule has 8 heteroatoms. The van der Waals surface area contributed by atoms with Crippen molar-refractivity contribution < 1.29 is 9.47 Å². The van der Waals surface area contributed by atoms with E-state index in [0.29, 0.717) is 11.5 Å². The zero-order chi connectivity index (χ0) is 15.8. The number of rotatable bonds is 4. The summed E-state index contributed by atoms with van der Waals surface area (Å²) >= 11 is 0. The molecule has 0 atom stereocenters. The molecule has 1 saturated heterocycles. The van der Waals surface area contributed by atoms with Crippen LogP contribution < -0.4 is 14.4 Å². The van der Waals surface area contributed by atoms with E-state index >= 15 is 0 Å². The van der Waals surface area contributed by atoms with Gasteiger partial charge in [0.05, 0.1) is 32.1 Å². The van der Waals surface area contributed by atoms with Crippen molar-refractivity contribution in [1.82, 2.24) is 25.0 Å². The highest BCUT2D eigenvalue weighted by Crippen LogP contribution is 2.36. The summed E-state index contributed by atoms with van der Waals surface area (Å²) in [5.74, 6) is 2.22. The van der Waals surface area contributed by atoms with E-state index < -0.39 is 0 Å². The first-order chi connectivity index (χ1) is 11.3. The molecule has 0 saturated carbocycles. The molecule has 118 valence electrons. The number of aromatic nitrogens is 5. The van der Waals surface area contributed by atoms with Gasteiger partial charge in [0.2, 0.25) is 0 Å². The molecule has 4 rings (SSSR count). The molecule has 0 N–H and O–H groups in total. The molecule has 1 aromatic carbocycles. The Labute approximate surface area is 132 Å². The van der Waals surface area contributed by atoms with Gasteiger partial charge in [-0.15, -0.1) is 0 Å². The van der Waals surface area contributed by atoms with Crippen LogP contribution in [-0.2, 0) is 0 Å². The number of ether oxygens (including phenoxy) is 2. The summed E-state index contributed by atoms with van der Waals surface area (Å²) in [5.41, 5.74) is 0.827. The van der Waals surface area contributed by atoms with E-state index in [1.165, 1.54) is 0 Å². The van der Waals surface area contributed by atoms with Gasteiger partial charge in [-0.25, -0.2) is 9.97 Å². The fourth-order valence-corrected chi connectivity index (χ4v) is 2.81. The van der Waals surface area contributed by atoms with E-state index in [0.717, 1.165) is 29.8 Å². The van der Waals surface area contributed by atoms with Crippen molar-refractivity contribution in [2.75, 3.05) is 32.2 Å². The quantitative estimate of drug-likeness (QED) is 0.718.